The molecule has 0 radical (unpaired) electrons. The van der Waals surface area contributed by atoms with Gasteiger partial charge in [0.15, 0.2) is 0 Å². The predicted molar refractivity (Wildman–Crippen MR) is 151 cm³/mol. The van der Waals surface area contributed by atoms with Crippen molar-refractivity contribution in [1.82, 2.24) is 4.57 Å². The van der Waals surface area contributed by atoms with Gasteiger partial charge in [0.25, 0.3) is 17.4 Å². The molecule has 1 aromatic heterocycles. The summed E-state index contributed by atoms with van der Waals surface area (Å²) in [6.07, 6.45) is 8.58. The monoisotopic (exact) mass is 738 g/mol. The summed E-state index contributed by atoms with van der Waals surface area (Å²) in [4.78, 5) is 38.0. The molecule has 3 aromatic rings. The first-order valence-corrected chi connectivity index (χ1v) is 15.1. The van der Waals surface area contributed by atoms with E-state index in [1.165, 1.54) is 66.8 Å². The zero-order valence-electron chi connectivity index (χ0n) is 25.5. The molecule has 0 N–H and O–H groups in total. The standard InChI is InChI=1S/C29H24N2O10S2.3K/c1-18-16-26(32)30(20-8-12-22(13-9-20)42(36,37)38)28(34)24(18)6-4-3-5-7-25-19(2)17-27(33)31(29(25)35)21-10-14-23(15-11-21)43(39,40)41;;;/h3-17,34H,1-2H3,(H,36,37,38)(H,39,40,41);;;/q;3*+1/p-3/b5-3?,6-4?,25-7-;;;. The van der Waals surface area contributed by atoms with Crippen LogP contribution in [0.1, 0.15) is 18.1 Å². The van der Waals surface area contributed by atoms with Gasteiger partial charge < -0.3 is 14.2 Å². The molecule has 2 aromatic carbocycles. The Hall–Kier alpha value is 0.0191. The van der Waals surface area contributed by atoms with Gasteiger partial charge >= 0.3 is 154 Å². The van der Waals surface area contributed by atoms with Crippen molar-refractivity contribution in [3.63, 3.8) is 0 Å². The number of aromatic nitrogens is 1. The Morgan fingerprint density at radius 2 is 1.22 bits per heavy atom. The second kappa shape index (κ2) is 18.3. The van der Waals surface area contributed by atoms with Crippen molar-refractivity contribution in [1.29, 1.82) is 0 Å². The van der Waals surface area contributed by atoms with E-state index in [-0.39, 0.29) is 177 Å². The molecule has 0 spiro atoms. The summed E-state index contributed by atoms with van der Waals surface area (Å²) < 4.78 is 67.9. The zero-order valence-corrected chi connectivity index (χ0v) is 36.5. The van der Waals surface area contributed by atoms with Crippen molar-refractivity contribution in [3.05, 3.63) is 118 Å². The van der Waals surface area contributed by atoms with Crippen molar-refractivity contribution in [3.8, 4) is 11.6 Å². The Balaban J connectivity index is 0.00000353. The van der Waals surface area contributed by atoms with E-state index in [0.717, 1.165) is 33.7 Å². The molecular formula is C29H21K3N2O10S2. The van der Waals surface area contributed by atoms with E-state index in [0.29, 0.717) is 11.1 Å². The van der Waals surface area contributed by atoms with E-state index >= 15 is 0 Å². The molecule has 222 valence electrons. The first-order chi connectivity index (χ1) is 20.1. The molecule has 0 fully saturated rings. The van der Waals surface area contributed by atoms with Crippen molar-refractivity contribution in [2.45, 2.75) is 23.6 Å². The van der Waals surface area contributed by atoms with Crippen LogP contribution >= 0.6 is 0 Å². The number of allylic oxidation sites excluding steroid dienone is 4. The van der Waals surface area contributed by atoms with Gasteiger partial charge in [0.1, 0.15) is 20.2 Å². The van der Waals surface area contributed by atoms with Gasteiger partial charge in [-0.05, 0) is 91.0 Å². The van der Waals surface area contributed by atoms with Crippen LogP contribution in [-0.2, 0) is 29.8 Å². The van der Waals surface area contributed by atoms with Crippen molar-refractivity contribution in [2.75, 3.05) is 4.90 Å². The Morgan fingerprint density at radius 1 is 0.717 bits per heavy atom. The van der Waals surface area contributed by atoms with Crippen LogP contribution in [0.2, 0.25) is 0 Å². The number of carbonyl (C=O) groups is 2. The number of benzene rings is 2. The van der Waals surface area contributed by atoms with Gasteiger partial charge in [-0.25, -0.2) is 21.7 Å². The van der Waals surface area contributed by atoms with Crippen LogP contribution in [0.25, 0.3) is 11.8 Å². The van der Waals surface area contributed by atoms with Crippen LogP contribution in [0.15, 0.2) is 111 Å². The second-order valence-corrected chi connectivity index (χ2v) is 12.0. The van der Waals surface area contributed by atoms with Crippen molar-refractivity contribution >= 4 is 43.8 Å². The van der Waals surface area contributed by atoms with E-state index < -0.39 is 53.3 Å². The molecule has 1 aliphatic rings. The van der Waals surface area contributed by atoms with Gasteiger partial charge in [0.2, 0.25) is 0 Å². The van der Waals surface area contributed by atoms with Gasteiger partial charge in [0.05, 0.1) is 15.5 Å². The van der Waals surface area contributed by atoms with E-state index in [9.17, 15) is 45.4 Å². The van der Waals surface area contributed by atoms with Gasteiger partial charge in [0, 0.05) is 23.4 Å². The van der Waals surface area contributed by atoms with Gasteiger partial charge in [-0.3, -0.25) is 19.0 Å². The zero-order chi connectivity index (χ0) is 31.7. The Kier molecular flexibility index (Phi) is 17.5. The maximum absolute atomic E-state index is 13.1. The summed E-state index contributed by atoms with van der Waals surface area (Å²) in [5, 5.41) is 13.1. The molecule has 0 bridgehead atoms. The van der Waals surface area contributed by atoms with Crippen LogP contribution in [0.3, 0.4) is 0 Å². The third kappa shape index (κ3) is 10.5. The molecule has 2 heterocycles. The quantitative estimate of drug-likeness (QED) is 0.0739. The number of nitrogens with zero attached hydrogens (tertiary/aromatic N) is 2. The number of pyridine rings is 1. The van der Waals surface area contributed by atoms with Crippen molar-refractivity contribution in [2.24, 2.45) is 0 Å². The minimum atomic E-state index is -4.71. The van der Waals surface area contributed by atoms with Crippen LogP contribution in [-0.4, -0.2) is 42.3 Å². The molecule has 0 aliphatic carbocycles. The summed E-state index contributed by atoms with van der Waals surface area (Å²) in [5.41, 5.74) is 0.542. The van der Waals surface area contributed by atoms with Gasteiger partial charge in [-0.2, -0.15) is 0 Å². The molecule has 12 nitrogen and oxygen atoms in total. The largest absolute Gasteiger partial charge is 1.00 e. The molecule has 4 rings (SSSR count). The van der Waals surface area contributed by atoms with Crippen LogP contribution in [0.5, 0.6) is 5.88 Å². The van der Waals surface area contributed by atoms with E-state index in [4.69, 9.17) is 0 Å². The molecule has 0 unspecified atom stereocenters. The van der Waals surface area contributed by atoms with Gasteiger partial charge in [-0.15, -0.1) is 0 Å². The van der Waals surface area contributed by atoms with Crippen LogP contribution < -0.4 is 170 Å². The number of hydrogen-bond donors (Lipinski definition) is 0. The average Bonchev–Trinajstić information content (AvgIpc) is 2.91. The smallest absolute Gasteiger partial charge is 0.859 e. The predicted octanol–water partition coefficient (Wildman–Crippen LogP) is -6.94. The summed E-state index contributed by atoms with van der Waals surface area (Å²) in [7, 11) is -9.42. The van der Waals surface area contributed by atoms with E-state index in [2.05, 4.69) is 0 Å². The normalized spacial score (nSPS) is 14.6. The average molecular weight is 739 g/mol. The molecule has 1 aliphatic heterocycles. The third-order valence-electron chi connectivity index (χ3n) is 6.35. The third-order valence-corrected chi connectivity index (χ3v) is 8.05. The number of rotatable bonds is 7. The minimum absolute atomic E-state index is 0. The molecular weight excluding hydrogens is 718 g/mol. The Labute approximate surface area is 393 Å². The molecule has 2 amide bonds. The number of carbonyl (C=O) groups excluding carboxylic acids is 2. The maximum atomic E-state index is 13.1. The van der Waals surface area contributed by atoms with Crippen LogP contribution in [0, 0.1) is 6.92 Å². The fourth-order valence-corrected chi connectivity index (χ4v) is 5.16. The first kappa shape index (κ1) is 44.0. The molecule has 0 saturated heterocycles. The topological polar surface area (TPSA) is 197 Å². The van der Waals surface area contributed by atoms with E-state index in [1.807, 2.05) is 0 Å². The van der Waals surface area contributed by atoms with Gasteiger partial charge in [-0.1, -0.05) is 24.3 Å². The Bertz CT molecular complexity index is 2050. The number of anilines is 1. The maximum Gasteiger partial charge on any atom is 1.00 e. The van der Waals surface area contributed by atoms with E-state index in [1.54, 1.807) is 13.8 Å². The summed E-state index contributed by atoms with van der Waals surface area (Å²) in [6.45, 7) is 3.12. The molecule has 46 heavy (non-hydrogen) atoms. The SMILES string of the molecule is CC1=CC(=O)N(c2ccc(S(=O)(=O)[O-])cc2)C(=O)/C1=C\C=CC=Cc1c(C)cc(=O)n(-c2ccc(S(=O)(=O)[O-])cc2)c1[O-].[K+].[K+].[K+]. The second-order valence-electron chi connectivity index (χ2n) is 9.25. The summed E-state index contributed by atoms with van der Waals surface area (Å²) >= 11 is 0. The molecule has 0 saturated carbocycles. The fraction of sp³-hybridized carbons (Fsp3) is 0.0690. The number of imide groups is 1. The van der Waals surface area contributed by atoms with Crippen molar-refractivity contribution < 1.29 is 195 Å². The summed E-state index contributed by atoms with van der Waals surface area (Å²) in [6, 6.07) is 9.92. The van der Waals surface area contributed by atoms with Crippen LogP contribution in [0.4, 0.5) is 5.69 Å². The summed E-state index contributed by atoms with van der Waals surface area (Å²) in [5.74, 6) is -2.02. The number of aryl methyl sites for hydroxylation is 1. The first-order valence-electron chi connectivity index (χ1n) is 12.3. The fourth-order valence-electron chi connectivity index (χ4n) is 4.22. The number of hydrogen-bond acceptors (Lipinski definition) is 10. The Morgan fingerprint density at radius 3 is 1.72 bits per heavy atom. The molecule has 0 atom stereocenters. The molecule has 17 heteroatoms. The number of amides is 2. The minimum Gasteiger partial charge on any atom is -0.859 e.